The summed E-state index contributed by atoms with van der Waals surface area (Å²) < 4.78 is 48.0. The normalized spacial score (nSPS) is 10.9. The van der Waals surface area contributed by atoms with Gasteiger partial charge in [0.2, 0.25) is 0 Å². The van der Waals surface area contributed by atoms with Crippen molar-refractivity contribution < 1.29 is 52.2 Å². The minimum atomic E-state index is -0.401. The van der Waals surface area contributed by atoms with Gasteiger partial charge >= 0.3 is 11.9 Å². The first-order valence-corrected chi connectivity index (χ1v) is 13.5. The molecule has 0 aliphatic carbocycles. The van der Waals surface area contributed by atoms with Gasteiger partial charge in [0.25, 0.3) is 0 Å². The number of esters is 2. The van der Waals surface area contributed by atoms with E-state index in [1.54, 1.807) is 24.3 Å². The predicted molar refractivity (Wildman–Crippen MR) is 145 cm³/mol. The minimum Gasteiger partial charge on any atom is -0.460 e. The number of nitrogens with zero attached hydrogens (tertiary/aromatic N) is 2. The molecular formula is C28H40N2O11. The van der Waals surface area contributed by atoms with Gasteiger partial charge in [-0.25, -0.2) is 9.59 Å². The number of aromatic nitrogens is 2. The van der Waals surface area contributed by atoms with Gasteiger partial charge in [-0.1, -0.05) is 0 Å². The molecule has 0 fully saturated rings. The van der Waals surface area contributed by atoms with E-state index in [1.807, 2.05) is 0 Å². The van der Waals surface area contributed by atoms with Crippen LogP contribution in [0, 0.1) is 0 Å². The van der Waals surface area contributed by atoms with E-state index in [4.69, 9.17) is 42.6 Å². The third-order valence-corrected chi connectivity index (χ3v) is 4.99. The van der Waals surface area contributed by atoms with E-state index < -0.39 is 11.9 Å². The quantitative estimate of drug-likeness (QED) is 0.118. The van der Waals surface area contributed by atoms with Crippen molar-refractivity contribution in [2.75, 3.05) is 106 Å². The van der Waals surface area contributed by atoms with Crippen LogP contribution in [0.3, 0.4) is 0 Å². The highest BCUT2D eigenvalue weighted by molar-refractivity contribution is 5.89. The molecule has 0 amide bonds. The lowest BCUT2D eigenvalue weighted by molar-refractivity contribution is -0.0236. The molecule has 0 unspecified atom stereocenters. The molecule has 2 rings (SSSR count). The van der Waals surface area contributed by atoms with Crippen molar-refractivity contribution in [3.8, 4) is 0 Å². The van der Waals surface area contributed by atoms with Gasteiger partial charge in [-0.2, -0.15) is 0 Å². The molecule has 13 nitrogen and oxygen atoms in total. The Labute approximate surface area is 240 Å². The first kappa shape index (κ1) is 34.2. The molecule has 0 bridgehead atoms. The Morgan fingerprint density at radius 3 is 0.854 bits per heavy atom. The van der Waals surface area contributed by atoms with Crippen molar-refractivity contribution in [3.05, 3.63) is 60.2 Å². The molecule has 0 saturated heterocycles. The lowest BCUT2D eigenvalue weighted by Crippen LogP contribution is -2.15. The van der Waals surface area contributed by atoms with Gasteiger partial charge in [0.05, 0.1) is 104 Å². The summed E-state index contributed by atoms with van der Waals surface area (Å²) in [7, 11) is 0. The van der Waals surface area contributed by atoms with Gasteiger partial charge in [0.1, 0.15) is 13.2 Å². The second kappa shape index (κ2) is 24.7. The summed E-state index contributed by atoms with van der Waals surface area (Å²) in [6, 6.07) is 6.38. The minimum absolute atomic E-state index is 0.176. The third-order valence-electron chi connectivity index (χ3n) is 4.99. The number of rotatable bonds is 26. The summed E-state index contributed by atoms with van der Waals surface area (Å²) in [6.07, 6.45) is 6.15. The molecule has 0 saturated carbocycles. The fourth-order valence-corrected chi connectivity index (χ4v) is 2.95. The van der Waals surface area contributed by atoms with Crippen molar-refractivity contribution in [2.45, 2.75) is 0 Å². The maximum absolute atomic E-state index is 11.7. The van der Waals surface area contributed by atoms with Crippen LogP contribution >= 0.6 is 0 Å². The standard InChI is InChI=1S/C28H40N2O11/c31-27(25-1-5-29-6-2-25)40-23-21-38-19-17-36-15-13-34-11-9-33-10-12-35-14-16-37-18-20-39-22-24-41-28(32)26-3-7-30-8-4-26/h1-8H,9-24H2. The molecule has 0 atom stereocenters. The van der Waals surface area contributed by atoms with E-state index in [0.717, 1.165) is 0 Å². The zero-order chi connectivity index (χ0) is 29.1. The largest absolute Gasteiger partial charge is 0.460 e. The fraction of sp³-hybridized carbons (Fsp3) is 0.571. The van der Waals surface area contributed by atoms with Crippen LogP contribution in [0.25, 0.3) is 0 Å². The Balaban J connectivity index is 1.20. The number of pyridine rings is 2. The summed E-state index contributed by atoms with van der Waals surface area (Å²) >= 11 is 0. The molecule has 0 radical (unpaired) electrons. The van der Waals surface area contributed by atoms with Crippen LogP contribution in [0.2, 0.25) is 0 Å². The summed E-state index contributed by atoms with van der Waals surface area (Å²) in [5.41, 5.74) is 0.917. The first-order valence-electron chi connectivity index (χ1n) is 13.5. The molecule has 0 aliphatic rings. The van der Waals surface area contributed by atoms with E-state index in [1.165, 1.54) is 24.8 Å². The van der Waals surface area contributed by atoms with Gasteiger partial charge in [0, 0.05) is 24.8 Å². The van der Waals surface area contributed by atoms with Gasteiger partial charge in [-0.15, -0.1) is 0 Å². The number of ether oxygens (including phenoxy) is 9. The zero-order valence-corrected chi connectivity index (χ0v) is 23.3. The molecule has 2 aromatic heterocycles. The zero-order valence-electron chi connectivity index (χ0n) is 23.3. The van der Waals surface area contributed by atoms with Gasteiger partial charge < -0.3 is 42.6 Å². The second-order valence-corrected chi connectivity index (χ2v) is 8.03. The Kier molecular flexibility index (Phi) is 20.6. The number of carbonyl (C=O) groups excluding carboxylic acids is 2. The monoisotopic (exact) mass is 580 g/mol. The van der Waals surface area contributed by atoms with Crippen LogP contribution in [-0.4, -0.2) is 128 Å². The van der Waals surface area contributed by atoms with Crippen LogP contribution < -0.4 is 0 Å². The molecule has 41 heavy (non-hydrogen) atoms. The molecule has 0 spiro atoms. The Bertz CT molecular complexity index is 833. The second-order valence-electron chi connectivity index (χ2n) is 8.03. The Hall–Kier alpha value is -3.04. The molecule has 0 N–H and O–H groups in total. The smallest absolute Gasteiger partial charge is 0.338 e. The molecule has 2 heterocycles. The van der Waals surface area contributed by atoms with Crippen LogP contribution in [0.1, 0.15) is 20.7 Å². The van der Waals surface area contributed by atoms with Crippen LogP contribution in [0.4, 0.5) is 0 Å². The van der Waals surface area contributed by atoms with Crippen LogP contribution in [0.5, 0.6) is 0 Å². The molecule has 13 heteroatoms. The van der Waals surface area contributed by atoms with Crippen LogP contribution in [0.15, 0.2) is 49.1 Å². The lowest BCUT2D eigenvalue weighted by Gasteiger charge is -2.09. The summed E-state index contributed by atoms with van der Waals surface area (Å²) in [5.74, 6) is -0.802. The first-order chi connectivity index (χ1) is 20.3. The summed E-state index contributed by atoms with van der Waals surface area (Å²) in [5, 5.41) is 0. The fourth-order valence-electron chi connectivity index (χ4n) is 2.95. The Morgan fingerprint density at radius 2 is 0.610 bits per heavy atom. The summed E-state index contributed by atoms with van der Waals surface area (Å²) in [4.78, 5) is 31.2. The number of hydrogen-bond acceptors (Lipinski definition) is 13. The van der Waals surface area contributed by atoms with E-state index in [2.05, 4.69) is 9.97 Å². The van der Waals surface area contributed by atoms with Gasteiger partial charge in [-0.05, 0) is 24.3 Å². The van der Waals surface area contributed by atoms with E-state index in [9.17, 15) is 9.59 Å². The van der Waals surface area contributed by atoms with E-state index >= 15 is 0 Å². The third kappa shape index (κ3) is 18.8. The molecule has 228 valence electrons. The highest BCUT2D eigenvalue weighted by atomic mass is 16.6. The highest BCUT2D eigenvalue weighted by Gasteiger charge is 2.06. The average Bonchev–Trinajstić information content (AvgIpc) is 3.01. The maximum Gasteiger partial charge on any atom is 0.338 e. The highest BCUT2D eigenvalue weighted by Crippen LogP contribution is 2.00. The van der Waals surface area contributed by atoms with E-state index in [0.29, 0.717) is 104 Å². The Morgan fingerprint density at radius 1 is 0.390 bits per heavy atom. The lowest BCUT2D eigenvalue weighted by atomic mass is 10.3. The topological polar surface area (TPSA) is 143 Å². The van der Waals surface area contributed by atoms with Crippen molar-refractivity contribution in [1.82, 2.24) is 9.97 Å². The van der Waals surface area contributed by atoms with Crippen molar-refractivity contribution in [1.29, 1.82) is 0 Å². The van der Waals surface area contributed by atoms with Gasteiger partial charge in [0.15, 0.2) is 0 Å². The van der Waals surface area contributed by atoms with Gasteiger partial charge in [-0.3, -0.25) is 9.97 Å². The molecule has 2 aromatic rings. The van der Waals surface area contributed by atoms with Crippen LogP contribution in [-0.2, 0) is 42.6 Å². The predicted octanol–water partition coefficient (Wildman–Crippen LogP) is 1.61. The van der Waals surface area contributed by atoms with Crippen molar-refractivity contribution in [2.24, 2.45) is 0 Å². The SMILES string of the molecule is O=C(OCCOCCOCCOCCOCCOCCOCCOCCOC(=O)c1ccncc1)c1ccncc1. The maximum atomic E-state index is 11.7. The molecular weight excluding hydrogens is 540 g/mol. The van der Waals surface area contributed by atoms with Crippen molar-refractivity contribution >= 4 is 11.9 Å². The van der Waals surface area contributed by atoms with Crippen molar-refractivity contribution in [3.63, 3.8) is 0 Å². The number of carbonyl (C=O) groups is 2. The number of hydrogen-bond donors (Lipinski definition) is 0. The average molecular weight is 581 g/mol. The van der Waals surface area contributed by atoms with E-state index in [-0.39, 0.29) is 13.2 Å². The summed E-state index contributed by atoms with van der Waals surface area (Å²) in [6.45, 7) is 6.31. The molecule has 0 aromatic carbocycles. The molecule has 0 aliphatic heterocycles.